The molecule has 1 aromatic carbocycles. The second kappa shape index (κ2) is 7.77. The predicted octanol–water partition coefficient (Wildman–Crippen LogP) is 2.29. The van der Waals surface area contributed by atoms with Crippen molar-refractivity contribution in [2.45, 2.75) is 25.1 Å². The minimum atomic E-state index is -0.319. The molecule has 1 aromatic heterocycles. The summed E-state index contributed by atoms with van der Waals surface area (Å²) in [5.41, 5.74) is 0. The number of hydrogen-bond acceptors (Lipinski definition) is 6. The number of benzene rings is 1. The monoisotopic (exact) mass is 362 g/mol. The third kappa shape index (κ3) is 3.73. The van der Waals surface area contributed by atoms with Gasteiger partial charge >= 0.3 is 0 Å². The molecule has 134 valence electrons. The van der Waals surface area contributed by atoms with Crippen LogP contribution < -0.4 is 9.47 Å². The lowest BCUT2D eigenvalue weighted by Crippen LogP contribution is -2.32. The van der Waals surface area contributed by atoms with E-state index in [2.05, 4.69) is 10.2 Å². The average molecular weight is 362 g/mol. The molecular weight excluding hydrogens is 340 g/mol. The molecule has 25 heavy (non-hydrogen) atoms. The Balaban J connectivity index is 1.67. The number of carbonyl (C=O) groups is 1. The van der Waals surface area contributed by atoms with Crippen molar-refractivity contribution in [2.24, 2.45) is 7.05 Å². The van der Waals surface area contributed by atoms with Gasteiger partial charge < -0.3 is 18.9 Å². The quantitative estimate of drug-likeness (QED) is 0.735. The van der Waals surface area contributed by atoms with Crippen LogP contribution in [0.1, 0.15) is 25.8 Å². The van der Waals surface area contributed by atoms with Gasteiger partial charge in [0, 0.05) is 20.1 Å². The molecular formula is C17H22N4O3S. The molecule has 0 fully saturated rings. The third-order valence-corrected chi connectivity index (χ3v) is 5.11. The van der Waals surface area contributed by atoms with Crippen LogP contribution in [0.25, 0.3) is 0 Å². The highest BCUT2D eigenvalue weighted by atomic mass is 32.2. The normalized spacial score (nSPS) is 15.9. The molecule has 0 radical (unpaired) electrons. The van der Waals surface area contributed by atoms with E-state index in [4.69, 9.17) is 9.47 Å². The predicted molar refractivity (Wildman–Crippen MR) is 95.0 cm³/mol. The van der Waals surface area contributed by atoms with Gasteiger partial charge in [-0.3, -0.25) is 4.79 Å². The Morgan fingerprint density at radius 1 is 1.28 bits per heavy atom. The van der Waals surface area contributed by atoms with Gasteiger partial charge in [0.25, 0.3) is 0 Å². The Bertz CT molecular complexity index is 745. The van der Waals surface area contributed by atoms with Gasteiger partial charge in [-0.05, 0) is 26.0 Å². The topological polar surface area (TPSA) is 69.5 Å². The number of ether oxygens (including phenoxy) is 2. The van der Waals surface area contributed by atoms with Gasteiger partial charge in [0.15, 0.2) is 28.6 Å². The second-order valence-corrected chi connectivity index (χ2v) is 6.56. The molecule has 1 aliphatic rings. The molecule has 1 unspecified atom stereocenters. The molecule has 1 atom stereocenters. The Morgan fingerprint density at radius 3 is 2.72 bits per heavy atom. The van der Waals surface area contributed by atoms with Crippen LogP contribution in [0.4, 0.5) is 0 Å². The first kappa shape index (κ1) is 17.6. The minimum Gasteiger partial charge on any atom is -0.485 e. The molecule has 7 nitrogen and oxygen atoms in total. The Hall–Kier alpha value is -2.22. The van der Waals surface area contributed by atoms with Crippen LogP contribution in [0.15, 0.2) is 29.4 Å². The molecule has 8 heteroatoms. The van der Waals surface area contributed by atoms with E-state index < -0.39 is 0 Å². The van der Waals surface area contributed by atoms with Crippen LogP contribution >= 0.6 is 11.8 Å². The third-order valence-electron chi connectivity index (χ3n) is 4.11. The van der Waals surface area contributed by atoms with Crippen molar-refractivity contribution >= 4 is 17.7 Å². The lowest BCUT2D eigenvalue weighted by atomic mass is 10.2. The molecule has 3 rings (SSSR count). The molecule has 0 spiro atoms. The first-order chi connectivity index (χ1) is 12.1. The number of nitrogens with zero attached hydrogens (tertiary/aromatic N) is 4. The van der Waals surface area contributed by atoms with Gasteiger partial charge in [0.05, 0.1) is 5.75 Å². The number of hydrogen-bond donors (Lipinski definition) is 0. The fourth-order valence-electron chi connectivity index (χ4n) is 2.67. The molecule has 1 amide bonds. The summed E-state index contributed by atoms with van der Waals surface area (Å²) >= 11 is 1.39. The van der Waals surface area contributed by atoms with Crippen LogP contribution in [0, 0.1) is 0 Å². The van der Waals surface area contributed by atoms with Crippen LogP contribution in [0.2, 0.25) is 0 Å². The van der Waals surface area contributed by atoms with E-state index in [-0.39, 0.29) is 12.0 Å². The van der Waals surface area contributed by atoms with Crippen molar-refractivity contribution in [1.29, 1.82) is 0 Å². The summed E-state index contributed by atoms with van der Waals surface area (Å²) in [5, 5.41) is 9.13. The Kier molecular flexibility index (Phi) is 5.47. The minimum absolute atomic E-state index is 0.103. The SMILES string of the molecule is CCN(CC)C(=O)CSc1nnc(C2COc3ccccc3O2)n1C. The highest BCUT2D eigenvalue weighted by Gasteiger charge is 2.27. The summed E-state index contributed by atoms with van der Waals surface area (Å²) in [5.74, 6) is 2.57. The zero-order valence-corrected chi connectivity index (χ0v) is 15.5. The summed E-state index contributed by atoms with van der Waals surface area (Å²) in [7, 11) is 1.88. The maximum Gasteiger partial charge on any atom is 0.233 e. The fourth-order valence-corrected chi connectivity index (χ4v) is 3.49. The smallest absolute Gasteiger partial charge is 0.233 e. The van der Waals surface area contributed by atoms with Crippen molar-refractivity contribution in [3.05, 3.63) is 30.1 Å². The van der Waals surface area contributed by atoms with E-state index in [0.717, 1.165) is 5.75 Å². The van der Waals surface area contributed by atoms with E-state index in [0.29, 0.717) is 42.2 Å². The summed E-state index contributed by atoms with van der Waals surface area (Å²) in [6.45, 7) is 5.76. The first-order valence-electron chi connectivity index (χ1n) is 8.32. The van der Waals surface area contributed by atoms with E-state index in [1.807, 2.05) is 49.7 Å². The molecule has 0 bridgehead atoms. The standard InChI is InChI=1S/C17H22N4O3S/c1-4-21(5-2)15(22)11-25-17-19-18-16(20(17)3)14-10-23-12-8-6-7-9-13(12)24-14/h6-9,14H,4-5,10-11H2,1-3H3. The zero-order chi connectivity index (χ0) is 17.8. The fraction of sp³-hybridized carbons (Fsp3) is 0.471. The molecule has 0 N–H and O–H groups in total. The van der Waals surface area contributed by atoms with E-state index in [1.54, 1.807) is 4.90 Å². The van der Waals surface area contributed by atoms with Gasteiger partial charge in [-0.1, -0.05) is 23.9 Å². The molecule has 1 aliphatic heterocycles. The summed E-state index contributed by atoms with van der Waals surface area (Å²) in [6.07, 6.45) is -0.319. The van der Waals surface area contributed by atoms with E-state index in [9.17, 15) is 4.79 Å². The Morgan fingerprint density at radius 2 is 2.00 bits per heavy atom. The van der Waals surface area contributed by atoms with Crippen molar-refractivity contribution in [3.63, 3.8) is 0 Å². The molecule has 0 saturated heterocycles. The maximum atomic E-state index is 12.1. The lowest BCUT2D eigenvalue weighted by Gasteiger charge is -2.25. The number of aromatic nitrogens is 3. The van der Waals surface area contributed by atoms with Crippen molar-refractivity contribution in [1.82, 2.24) is 19.7 Å². The van der Waals surface area contributed by atoms with Crippen LogP contribution in [-0.2, 0) is 11.8 Å². The maximum absolute atomic E-state index is 12.1. The van der Waals surface area contributed by atoms with Gasteiger partial charge in [0.2, 0.25) is 5.91 Å². The zero-order valence-electron chi connectivity index (χ0n) is 14.6. The molecule has 2 heterocycles. The number of carbonyl (C=O) groups excluding carboxylic acids is 1. The average Bonchev–Trinajstić information content (AvgIpc) is 3.01. The second-order valence-electron chi connectivity index (χ2n) is 5.62. The van der Waals surface area contributed by atoms with E-state index in [1.165, 1.54) is 11.8 Å². The highest BCUT2D eigenvalue weighted by Crippen LogP contribution is 2.35. The van der Waals surface area contributed by atoms with Crippen LogP contribution in [0.3, 0.4) is 0 Å². The summed E-state index contributed by atoms with van der Waals surface area (Å²) in [4.78, 5) is 13.9. The van der Waals surface area contributed by atoms with Gasteiger partial charge in [0.1, 0.15) is 6.61 Å². The number of rotatable bonds is 6. The number of amides is 1. The van der Waals surface area contributed by atoms with Crippen molar-refractivity contribution < 1.29 is 14.3 Å². The molecule has 2 aromatic rings. The summed E-state index contributed by atoms with van der Waals surface area (Å²) in [6, 6.07) is 7.56. The van der Waals surface area contributed by atoms with Crippen molar-refractivity contribution in [2.75, 3.05) is 25.4 Å². The lowest BCUT2D eigenvalue weighted by molar-refractivity contribution is -0.127. The number of thioether (sulfide) groups is 1. The van der Waals surface area contributed by atoms with Crippen LogP contribution in [-0.4, -0.2) is 51.0 Å². The van der Waals surface area contributed by atoms with E-state index >= 15 is 0 Å². The molecule has 0 saturated carbocycles. The molecule has 0 aliphatic carbocycles. The van der Waals surface area contributed by atoms with Crippen LogP contribution in [0.5, 0.6) is 11.5 Å². The first-order valence-corrected chi connectivity index (χ1v) is 9.30. The van der Waals surface area contributed by atoms with Gasteiger partial charge in [-0.15, -0.1) is 10.2 Å². The van der Waals surface area contributed by atoms with Crippen molar-refractivity contribution in [3.8, 4) is 11.5 Å². The Labute approximate surface area is 151 Å². The highest BCUT2D eigenvalue weighted by molar-refractivity contribution is 7.99. The number of fused-ring (bicyclic) bond motifs is 1. The van der Waals surface area contributed by atoms with Gasteiger partial charge in [-0.25, -0.2) is 0 Å². The van der Waals surface area contributed by atoms with Gasteiger partial charge in [-0.2, -0.15) is 0 Å². The largest absolute Gasteiger partial charge is 0.485 e. The summed E-state index contributed by atoms with van der Waals surface area (Å²) < 4.78 is 13.6. The number of para-hydroxylation sites is 2.